The van der Waals surface area contributed by atoms with E-state index in [1.807, 2.05) is 54.7 Å². The molecule has 0 fully saturated rings. The van der Waals surface area contributed by atoms with Crippen molar-refractivity contribution in [2.24, 2.45) is 0 Å². The van der Waals surface area contributed by atoms with Crippen molar-refractivity contribution in [1.82, 2.24) is 19.1 Å². The highest BCUT2D eigenvalue weighted by molar-refractivity contribution is 6.24. The van der Waals surface area contributed by atoms with Gasteiger partial charge in [-0.25, -0.2) is 9.97 Å². The SMILES string of the molecule is c1cccc(-c2ccccc2)nc(-n2c3ccccc3c3cc(-c4cc5c(c6ccccc46)c4ccccc4n5-c4ccccc4)ccc32)ncc1. The molecule has 3 heterocycles. The van der Waals surface area contributed by atoms with Crippen LogP contribution in [0.15, 0.2) is 194 Å². The van der Waals surface area contributed by atoms with Crippen molar-refractivity contribution in [2.75, 3.05) is 0 Å². The van der Waals surface area contributed by atoms with Gasteiger partial charge in [0, 0.05) is 39.0 Å². The highest BCUT2D eigenvalue weighted by Crippen LogP contribution is 2.42. The Bertz CT molecular complexity index is 3010. The van der Waals surface area contributed by atoms with Gasteiger partial charge in [0.1, 0.15) is 0 Å². The summed E-state index contributed by atoms with van der Waals surface area (Å²) in [6.45, 7) is 0. The van der Waals surface area contributed by atoms with E-state index in [1.165, 1.54) is 38.1 Å². The molecule has 3 aromatic heterocycles. The lowest BCUT2D eigenvalue weighted by Crippen LogP contribution is -2.00. The summed E-state index contributed by atoms with van der Waals surface area (Å²) < 4.78 is 4.59. The van der Waals surface area contributed by atoms with Crippen LogP contribution in [0.5, 0.6) is 0 Å². The molecule has 52 heavy (non-hydrogen) atoms. The number of aromatic nitrogens is 4. The average molecular weight is 665 g/mol. The third-order valence-corrected chi connectivity index (χ3v) is 10.0. The number of fused-ring (bicyclic) bond motifs is 8. The molecule has 10 rings (SSSR count). The van der Waals surface area contributed by atoms with Crippen molar-refractivity contribution in [3.05, 3.63) is 194 Å². The van der Waals surface area contributed by atoms with Crippen molar-refractivity contribution < 1.29 is 0 Å². The van der Waals surface area contributed by atoms with Crippen LogP contribution in [0, 0.1) is 0 Å². The Labute approximate surface area is 300 Å². The standard InChI is InChI=1S/C48H32N4/c1-2-16-30-49-48(50-42(25-9-1)33-17-5-3-6-18-33)52-43-26-14-12-22-37(43)41-31-34(28-29-45(41)52)40-32-46-47(38-23-11-10-21-36(38)40)39-24-13-15-27-44(39)51(46)35-19-7-4-8-20-35/h1-32H. The first kappa shape index (κ1) is 29.8. The first-order valence-corrected chi connectivity index (χ1v) is 17.6. The molecule has 244 valence electrons. The lowest BCUT2D eigenvalue weighted by Gasteiger charge is -2.13. The van der Waals surface area contributed by atoms with Crippen LogP contribution in [0.3, 0.4) is 0 Å². The van der Waals surface area contributed by atoms with Crippen LogP contribution in [-0.4, -0.2) is 19.1 Å². The van der Waals surface area contributed by atoms with Gasteiger partial charge >= 0.3 is 0 Å². The molecule has 0 amide bonds. The Kier molecular flexibility index (Phi) is 7.10. The minimum atomic E-state index is 0.605. The molecule has 0 bridgehead atoms. The molecular weight excluding hydrogens is 633 g/mol. The van der Waals surface area contributed by atoms with Gasteiger partial charge in [-0.05, 0) is 76.5 Å². The zero-order chi connectivity index (χ0) is 34.4. The molecule has 0 unspecified atom stereocenters. The minimum Gasteiger partial charge on any atom is -0.309 e. The summed E-state index contributed by atoms with van der Waals surface area (Å²) >= 11 is 0. The molecule has 0 spiro atoms. The Morgan fingerprint density at radius 1 is 0.365 bits per heavy atom. The van der Waals surface area contributed by atoms with Gasteiger partial charge in [-0.1, -0.05) is 133 Å². The van der Waals surface area contributed by atoms with Crippen LogP contribution in [0.4, 0.5) is 0 Å². The molecule has 7 aromatic carbocycles. The Balaban J connectivity index is 1.26. The molecule has 0 aliphatic rings. The molecule has 4 nitrogen and oxygen atoms in total. The average Bonchev–Trinajstić information content (AvgIpc) is 3.72. The monoisotopic (exact) mass is 664 g/mol. The first-order valence-electron chi connectivity index (χ1n) is 17.6. The zero-order valence-electron chi connectivity index (χ0n) is 28.3. The quantitative estimate of drug-likeness (QED) is 0.188. The van der Waals surface area contributed by atoms with Gasteiger partial charge in [0.2, 0.25) is 5.95 Å². The van der Waals surface area contributed by atoms with E-state index in [2.05, 4.69) is 149 Å². The van der Waals surface area contributed by atoms with E-state index in [4.69, 9.17) is 9.97 Å². The lowest BCUT2D eigenvalue weighted by molar-refractivity contribution is 1.01. The summed E-state index contributed by atoms with van der Waals surface area (Å²) in [5, 5.41) is 7.30. The third-order valence-electron chi connectivity index (χ3n) is 10.0. The van der Waals surface area contributed by atoms with Gasteiger partial charge in [-0.3, -0.25) is 4.57 Å². The van der Waals surface area contributed by atoms with Crippen LogP contribution in [0.1, 0.15) is 0 Å². The van der Waals surface area contributed by atoms with E-state index in [9.17, 15) is 0 Å². The molecule has 0 aliphatic heterocycles. The number of benzene rings is 7. The molecular formula is C48H32N4. The second-order valence-electron chi connectivity index (χ2n) is 13.0. The van der Waals surface area contributed by atoms with E-state index >= 15 is 0 Å². The second-order valence-corrected chi connectivity index (χ2v) is 13.0. The fourth-order valence-electron chi connectivity index (χ4n) is 7.77. The normalized spacial score (nSPS) is 11.5. The maximum atomic E-state index is 5.22. The predicted octanol–water partition coefficient (Wildman–Crippen LogP) is 12.3. The van der Waals surface area contributed by atoms with Gasteiger partial charge in [-0.2, -0.15) is 0 Å². The van der Waals surface area contributed by atoms with Gasteiger partial charge in [0.25, 0.3) is 0 Å². The maximum absolute atomic E-state index is 5.22. The van der Waals surface area contributed by atoms with Crippen LogP contribution >= 0.6 is 0 Å². The Morgan fingerprint density at radius 3 is 1.77 bits per heavy atom. The number of hydrogen-bond donors (Lipinski definition) is 0. The van der Waals surface area contributed by atoms with Crippen LogP contribution < -0.4 is 0 Å². The topological polar surface area (TPSA) is 35.6 Å². The van der Waals surface area contributed by atoms with Gasteiger partial charge < -0.3 is 4.57 Å². The minimum absolute atomic E-state index is 0.605. The van der Waals surface area contributed by atoms with Crippen LogP contribution in [0.2, 0.25) is 0 Å². The number of rotatable bonds is 4. The molecule has 0 saturated heterocycles. The molecule has 0 saturated carbocycles. The summed E-state index contributed by atoms with van der Waals surface area (Å²) in [6, 6.07) is 66.3. The van der Waals surface area contributed by atoms with Gasteiger partial charge in [-0.15, -0.1) is 0 Å². The first-order chi connectivity index (χ1) is 25.8. The Hall–Kier alpha value is -7.04. The molecule has 0 radical (unpaired) electrons. The van der Waals surface area contributed by atoms with E-state index in [1.54, 1.807) is 0 Å². The van der Waals surface area contributed by atoms with E-state index < -0.39 is 0 Å². The lowest BCUT2D eigenvalue weighted by atomic mass is 9.94. The number of para-hydroxylation sites is 3. The van der Waals surface area contributed by atoms with Crippen molar-refractivity contribution in [3.8, 4) is 34.0 Å². The summed E-state index contributed by atoms with van der Waals surface area (Å²) in [5.74, 6) is 0.605. The zero-order valence-corrected chi connectivity index (χ0v) is 28.3. The van der Waals surface area contributed by atoms with E-state index in [0.29, 0.717) is 5.95 Å². The predicted molar refractivity (Wildman–Crippen MR) is 217 cm³/mol. The summed E-state index contributed by atoms with van der Waals surface area (Å²) in [6.07, 6.45) is 1.82. The maximum Gasteiger partial charge on any atom is 0.235 e. The fourth-order valence-corrected chi connectivity index (χ4v) is 7.77. The van der Waals surface area contributed by atoms with Crippen molar-refractivity contribution in [2.45, 2.75) is 0 Å². The van der Waals surface area contributed by atoms with E-state index in [-0.39, 0.29) is 0 Å². The van der Waals surface area contributed by atoms with E-state index in [0.717, 1.165) is 44.3 Å². The van der Waals surface area contributed by atoms with Crippen LogP contribution in [0.25, 0.3) is 88.4 Å². The van der Waals surface area contributed by atoms with Gasteiger partial charge in [0.15, 0.2) is 0 Å². The van der Waals surface area contributed by atoms with Crippen molar-refractivity contribution in [1.29, 1.82) is 0 Å². The summed E-state index contributed by atoms with van der Waals surface area (Å²) in [4.78, 5) is 10.2. The molecule has 10 aromatic rings. The molecule has 4 heteroatoms. The largest absolute Gasteiger partial charge is 0.309 e. The van der Waals surface area contributed by atoms with Crippen molar-refractivity contribution >= 4 is 54.4 Å². The number of hydrogen-bond acceptors (Lipinski definition) is 2. The Morgan fingerprint density at radius 2 is 0.962 bits per heavy atom. The van der Waals surface area contributed by atoms with Crippen LogP contribution in [-0.2, 0) is 0 Å². The van der Waals surface area contributed by atoms with Crippen molar-refractivity contribution in [3.63, 3.8) is 0 Å². The smallest absolute Gasteiger partial charge is 0.235 e. The molecule has 0 N–H and O–H groups in total. The van der Waals surface area contributed by atoms with Gasteiger partial charge in [0.05, 0.1) is 27.8 Å². The third kappa shape index (κ3) is 4.84. The number of nitrogens with zero attached hydrogens (tertiary/aromatic N) is 4. The molecule has 0 atom stereocenters. The summed E-state index contributed by atoms with van der Waals surface area (Å²) in [7, 11) is 0. The molecule has 0 aliphatic carbocycles. The fraction of sp³-hybridized carbons (Fsp3) is 0. The highest BCUT2D eigenvalue weighted by atomic mass is 15.1. The highest BCUT2D eigenvalue weighted by Gasteiger charge is 2.19. The summed E-state index contributed by atoms with van der Waals surface area (Å²) in [5.41, 5.74) is 9.87. The second kappa shape index (κ2) is 12.4.